The van der Waals surface area contributed by atoms with E-state index in [0.717, 1.165) is 17.3 Å². The molecule has 0 aromatic carbocycles. The molecule has 0 radical (unpaired) electrons. The van der Waals surface area contributed by atoms with Gasteiger partial charge in [0.05, 0.1) is 12.0 Å². The Labute approximate surface area is 114 Å². The van der Waals surface area contributed by atoms with Gasteiger partial charge in [-0.15, -0.1) is 0 Å². The molecule has 19 heavy (non-hydrogen) atoms. The Morgan fingerprint density at radius 1 is 1.53 bits per heavy atom. The van der Waals surface area contributed by atoms with Gasteiger partial charge in [-0.2, -0.15) is 11.8 Å². The van der Waals surface area contributed by atoms with Gasteiger partial charge in [0.1, 0.15) is 11.5 Å². The highest BCUT2D eigenvalue weighted by Gasteiger charge is 2.04. The van der Waals surface area contributed by atoms with E-state index < -0.39 is 0 Å². The molecule has 2 amide bonds. The smallest absolute Gasteiger partial charge is 0.320 e. The van der Waals surface area contributed by atoms with Crippen LogP contribution >= 0.6 is 11.8 Å². The Balaban J connectivity index is 1.56. The summed E-state index contributed by atoms with van der Waals surface area (Å²) in [4.78, 5) is 11.5. The maximum absolute atomic E-state index is 11.5. The van der Waals surface area contributed by atoms with Gasteiger partial charge in [0.15, 0.2) is 5.82 Å². The van der Waals surface area contributed by atoms with Gasteiger partial charge in [-0.3, -0.25) is 5.32 Å². The summed E-state index contributed by atoms with van der Waals surface area (Å²) in [6.45, 7) is 2.34. The lowest BCUT2D eigenvalue weighted by Crippen LogP contribution is -2.30. The summed E-state index contributed by atoms with van der Waals surface area (Å²) in [6.07, 6.45) is 1.65. The van der Waals surface area contributed by atoms with Crippen molar-refractivity contribution in [2.45, 2.75) is 12.7 Å². The lowest BCUT2D eigenvalue weighted by Gasteiger charge is -2.04. The number of aryl methyl sites for hydroxylation is 1. The molecule has 0 atom stereocenters. The SMILES string of the molecule is Cc1cc(NC(=O)NCCSCc2ccco2)no1. The first kappa shape index (κ1) is 13.5. The topological polar surface area (TPSA) is 80.3 Å². The Bertz CT molecular complexity index is 510. The van der Waals surface area contributed by atoms with Gasteiger partial charge in [-0.05, 0) is 19.1 Å². The zero-order valence-corrected chi connectivity index (χ0v) is 11.3. The van der Waals surface area contributed by atoms with Crippen molar-refractivity contribution in [1.82, 2.24) is 10.5 Å². The number of amides is 2. The van der Waals surface area contributed by atoms with Gasteiger partial charge < -0.3 is 14.3 Å². The molecule has 0 aliphatic rings. The number of thioether (sulfide) groups is 1. The molecule has 102 valence electrons. The van der Waals surface area contributed by atoms with Crippen molar-refractivity contribution < 1.29 is 13.7 Å². The zero-order valence-electron chi connectivity index (χ0n) is 10.5. The van der Waals surface area contributed by atoms with Crippen LogP contribution in [0.15, 0.2) is 33.4 Å². The van der Waals surface area contributed by atoms with Crippen molar-refractivity contribution in [1.29, 1.82) is 0 Å². The van der Waals surface area contributed by atoms with Gasteiger partial charge in [0.2, 0.25) is 0 Å². The first-order chi connectivity index (χ1) is 9.24. The summed E-state index contributed by atoms with van der Waals surface area (Å²) in [5.41, 5.74) is 0. The number of rotatable bonds is 6. The van der Waals surface area contributed by atoms with E-state index in [-0.39, 0.29) is 6.03 Å². The van der Waals surface area contributed by atoms with Crippen molar-refractivity contribution >= 4 is 23.6 Å². The number of carbonyl (C=O) groups excluding carboxylic acids is 1. The van der Waals surface area contributed by atoms with Crippen LogP contribution in [0.5, 0.6) is 0 Å². The van der Waals surface area contributed by atoms with E-state index in [1.54, 1.807) is 31.0 Å². The number of hydrogen-bond acceptors (Lipinski definition) is 5. The number of hydrogen-bond donors (Lipinski definition) is 2. The van der Waals surface area contributed by atoms with Crippen molar-refractivity contribution in [3.8, 4) is 0 Å². The van der Waals surface area contributed by atoms with Crippen molar-refractivity contribution in [3.63, 3.8) is 0 Å². The van der Waals surface area contributed by atoms with E-state index in [1.165, 1.54) is 0 Å². The van der Waals surface area contributed by atoms with Crippen LogP contribution in [0, 0.1) is 6.92 Å². The number of aromatic nitrogens is 1. The molecule has 2 heterocycles. The second kappa shape index (κ2) is 6.89. The molecule has 0 aliphatic carbocycles. The molecule has 0 saturated heterocycles. The van der Waals surface area contributed by atoms with Gasteiger partial charge in [0, 0.05) is 18.4 Å². The molecule has 0 fully saturated rings. The molecule has 0 spiro atoms. The second-order valence-corrected chi connectivity index (χ2v) is 4.94. The molecule has 2 rings (SSSR count). The molecule has 7 heteroatoms. The molecular weight excluding hydrogens is 266 g/mol. The maximum Gasteiger partial charge on any atom is 0.320 e. The van der Waals surface area contributed by atoms with Gasteiger partial charge in [-0.1, -0.05) is 5.16 Å². The summed E-state index contributed by atoms with van der Waals surface area (Å²) >= 11 is 1.69. The summed E-state index contributed by atoms with van der Waals surface area (Å²) < 4.78 is 10.0. The highest BCUT2D eigenvalue weighted by Crippen LogP contribution is 2.11. The third-order valence-corrected chi connectivity index (χ3v) is 3.21. The third-order valence-electron chi connectivity index (χ3n) is 2.23. The van der Waals surface area contributed by atoms with Gasteiger partial charge in [0.25, 0.3) is 0 Å². The minimum Gasteiger partial charge on any atom is -0.468 e. The lowest BCUT2D eigenvalue weighted by molar-refractivity contribution is 0.252. The minimum absolute atomic E-state index is 0.285. The predicted octanol–water partition coefficient (Wildman–Crippen LogP) is 2.63. The van der Waals surface area contributed by atoms with E-state index in [4.69, 9.17) is 8.94 Å². The monoisotopic (exact) mass is 281 g/mol. The average Bonchev–Trinajstić information content (AvgIpc) is 3.01. The fourth-order valence-corrected chi connectivity index (χ4v) is 2.15. The first-order valence-electron chi connectivity index (χ1n) is 5.82. The Kier molecular flexibility index (Phi) is 4.91. The number of anilines is 1. The highest BCUT2D eigenvalue weighted by molar-refractivity contribution is 7.98. The van der Waals surface area contributed by atoms with E-state index >= 15 is 0 Å². The Morgan fingerprint density at radius 2 is 2.42 bits per heavy atom. The van der Waals surface area contributed by atoms with Crippen molar-refractivity contribution in [3.05, 3.63) is 36.0 Å². The van der Waals surface area contributed by atoms with Crippen LogP contribution < -0.4 is 10.6 Å². The third kappa shape index (κ3) is 4.70. The lowest BCUT2D eigenvalue weighted by atomic mass is 10.5. The normalized spacial score (nSPS) is 10.4. The number of nitrogens with zero attached hydrogens (tertiary/aromatic N) is 1. The summed E-state index contributed by atoms with van der Waals surface area (Å²) in [6, 6.07) is 5.17. The Hall–Kier alpha value is -1.89. The quantitative estimate of drug-likeness (QED) is 0.796. The molecule has 0 unspecified atom stereocenters. The van der Waals surface area contributed by atoms with Crippen LogP contribution in [0.3, 0.4) is 0 Å². The van der Waals surface area contributed by atoms with Crippen LogP contribution in [0.1, 0.15) is 11.5 Å². The summed E-state index contributed by atoms with van der Waals surface area (Å²) in [5.74, 6) is 3.63. The fourth-order valence-electron chi connectivity index (χ4n) is 1.39. The van der Waals surface area contributed by atoms with Crippen LogP contribution in [0.25, 0.3) is 0 Å². The fraction of sp³-hybridized carbons (Fsp3) is 0.333. The minimum atomic E-state index is -0.285. The van der Waals surface area contributed by atoms with Crippen LogP contribution in [0.2, 0.25) is 0 Å². The highest BCUT2D eigenvalue weighted by atomic mass is 32.2. The van der Waals surface area contributed by atoms with Crippen LogP contribution in [0.4, 0.5) is 10.6 Å². The molecule has 0 bridgehead atoms. The molecule has 2 aromatic rings. The van der Waals surface area contributed by atoms with Crippen molar-refractivity contribution in [2.75, 3.05) is 17.6 Å². The van der Waals surface area contributed by atoms with E-state index in [0.29, 0.717) is 18.1 Å². The largest absolute Gasteiger partial charge is 0.468 e. The zero-order chi connectivity index (χ0) is 13.5. The maximum atomic E-state index is 11.5. The van der Waals surface area contributed by atoms with Crippen molar-refractivity contribution in [2.24, 2.45) is 0 Å². The predicted molar refractivity (Wildman–Crippen MR) is 73.1 cm³/mol. The van der Waals surface area contributed by atoms with Crippen LogP contribution in [-0.4, -0.2) is 23.5 Å². The molecule has 0 saturated carbocycles. The number of urea groups is 1. The van der Waals surface area contributed by atoms with Gasteiger partial charge in [-0.25, -0.2) is 4.79 Å². The Morgan fingerprint density at radius 3 is 3.11 bits per heavy atom. The number of furan rings is 1. The average molecular weight is 281 g/mol. The van der Waals surface area contributed by atoms with E-state index in [1.807, 2.05) is 12.1 Å². The summed E-state index contributed by atoms with van der Waals surface area (Å²) in [5, 5.41) is 8.99. The molecule has 0 aliphatic heterocycles. The first-order valence-corrected chi connectivity index (χ1v) is 6.98. The summed E-state index contributed by atoms with van der Waals surface area (Å²) in [7, 11) is 0. The molecule has 2 aromatic heterocycles. The molecule has 2 N–H and O–H groups in total. The second-order valence-electron chi connectivity index (χ2n) is 3.84. The van der Waals surface area contributed by atoms with E-state index in [9.17, 15) is 4.79 Å². The van der Waals surface area contributed by atoms with E-state index in [2.05, 4.69) is 15.8 Å². The number of nitrogens with one attached hydrogen (secondary N) is 2. The molecule has 6 nitrogen and oxygen atoms in total. The van der Waals surface area contributed by atoms with Gasteiger partial charge >= 0.3 is 6.03 Å². The van der Waals surface area contributed by atoms with Crippen LogP contribution in [-0.2, 0) is 5.75 Å². The number of carbonyl (C=O) groups is 1. The standard InChI is InChI=1S/C12H15N3O3S/c1-9-7-11(15-18-9)14-12(16)13-4-6-19-8-10-3-2-5-17-10/h2-3,5,7H,4,6,8H2,1H3,(H2,13,14,15,16). The molecular formula is C12H15N3O3S.